The first-order valence-corrected chi connectivity index (χ1v) is 9.40. The fourth-order valence-electron chi connectivity index (χ4n) is 3.25. The van der Waals surface area contributed by atoms with Gasteiger partial charge in [-0.3, -0.25) is 4.79 Å². The monoisotopic (exact) mass is 382 g/mol. The molecule has 2 N–H and O–H groups in total. The van der Waals surface area contributed by atoms with E-state index in [-0.39, 0.29) is 5.91 Å². The maximum absolute atomic E-state index is 12.8. The highest BCUT2D eigenvalue weighted by molar-refractivity contribution is 6.06. The second-order valence-electron chi connectivity index (χ2n) is 6.96. The van der Waals surface area contributed by atoms with E-state index in [0.29, 0.717) is 5.70 Å². The van der Waals surface area contributed by atoms with Gasteiger partial charge in [-0.15, -0.1) is 0 Å². The van der Waals surface area contributed by atoms with Crippen molar-refractivity contribution in [1.29, 1.82) is 0 Å². The molecule has 0 saturated carbocycles. The van der Waals surface area contributed by atoms with Gasteiger partial charge in [-0.25, -0.2) is 4.98 Å². The van der Waals surface area contributed by atoms with E-state index in [0.717, 1.165) is 33.4 Å². The van der Waals surface area contributed by atoms with Gasteiger partial charge in [-0.05, 0) is 47.0 Å². The van der Waals surface area contributed by atoms with E-state index in [1.807, 2.05) is 98.0 Å². The van der Waals surface area contributed by atoms with E-state index in [9.17, 15) is 4.79 Å². The molecule has 0 aliphatic rings. The summed E-state index contributed by atoms with van der Waals surface area (Å²) in [5.74, 6) is -0.150. The Morgan fingerprint density at radius 1 is 1.00 bits per heavy atom. The number of hydrogen-bond donors (Lipinski definition) is 2. The molecular weight excluding hydrogens is 360 g/mol. The maximum atomic E-state index is 12.8. The lowest BCUT2D eigenvalue weighted by atomic mass is 10.0. The van der Waals surface area contributed by atoms with E-state index in [1.54, 1.807) is 6.20 Å². The summed E-state index contributed by atoms with van der Waals surface area (Å²) < 4.78 is 0. The van der Waals surface area contributed by atoms with Crippen LogP contribution in [0.25, 0.3) is 28.2 Å². The third-order valence-electron chi connectivity index (χ3n) is 4.73. The van der Waals surface area contributed by atoms with Crippen LogP contribution < -0.4 is 5.32 Å². The van der Waals surface area contributed by atoms with Gasteiger partial charge >= 0.3 is 0 Å². The van der Waals surface area contributed by atoms with Gasteiger partial charge in [-0.1, -0.05) is 42.5 Å². The van der Waals surface area contributed by atoms with E-state index in [4.69, 9.17) is 0 Å². The van der Waals surface area contributed by atoms with Gasteiger partial charge in [0.2, 0.25) is 0 Å². The molecular formula is C24H22N4O. The van der Waals surface area contributed by atoms with Gasteiger partial charge in [-0.2, -0.15) is 0 Å². The SMILES string of the molecule is CN(C)C(=Cc1ccccc1)C(=O)Nc1ccc(-c2ccnc3[nH]ccc23)cc1. The van der Waals surface area contributed by atoms with Crippen LogP contribution in [0.1, 0.15) is 5.56 Å². The summed E-state index contributed by atoms with van der Waals surface area (Å²) in [7, 11) is 3.73. The van der Waals surface area contributed by atoms with E-state index >= 15 is 0 Å². The highest BCUT2D eigenvalue weighted by Gasteiger charge is 2.13. The Hall–Kier alpha value is -3.86. The number of nitrogens with one attached hydrogen (secondary N) is 2. The van der Waals surface area contributed by atoms with E-state index < -0.39 is 0 Å². The number of H-pyrrole nitrogens is 1. The molecule has 144 valence electrons. The highest BCUT2D eigenvalue weighted by atomic mass is 16.2. The number of carbonyl (C=O) groups excluding carboxylic acids is 1. The molecule has 0 fully saturated rings. The Kier molecular flexibility index (Phi) is 5.12. The quantitative estimate of drug-likeness (QED) is 0.489. The van der Waals surface area contributed by atoms with Crippen LogP contribution in [-0.2, 0) is 4.79 Å². The molecule has 5 nitrogen and oxygen atoms in total. The van der Waals surface area contributed by atoms with Gasteiger partial charge in [0.05, 0.1) is 0 Å². The smallest absolute Gasteiger partial charge is 0.271 e. The molecule has 5 heteroatoms. The highest BCUT2D eigenvalue weighted by Crippen LogP contribution is 2.28. The maximum Gasteiger partial charge on any atom is 0.271 e. The van der Waals surface area contributed by atoms with Crippen LogP contribution in [0.3, 0.4) is 0 Å². The number of hydrogen-bond acceptors (Lipinski definition) is 3. The molecule has 0 unspecified atom stereocenters. The number of carbonyl (C=O) groups is 1. The van der Waals surface area contributed by atoms with Crippen LogP contribution in [-0.4, -0.2) is 34.9 Å². The van der Waals surface area contributed by atoms with E-state index in [1.165, 1.54) is 0 Å². The molecule has 0 bridgehead atoms. The molecule has 0 atom stereocenters. The molecule has 2 aromatic carbocycles. The largest absolute Gasteiger partial charge is 0.373 e. The Morgan fingerprint density at radius 2 is 1.76 bits per heavy atom. The van der Waals surface area contributed by atoms with Crippen molar-refractivity contribution < 1.29 is 4.79 Å². The third-order valence-corrected chi connectivity index (χ3v) is 4.73. The van der Waals surface area contributed by atoms with Crippen molar-refractivity contribution in [3.63, 3.8) is 0 Å². The van der Waals surface area contributed by atoms with Crippen molar-refractivity contribution in [3.8, 4) is 11.1 Å². The lowest BCUT2D eigenvalue weighted by Gasteiger charge is -2.17. The number of anilines is 1. The fraction of sp³-hybridized carbons (Fsp3) is 0.0833. The molecule has 2 aromatic heterocycles. The molecule has 1 amide bonds. The minimum absolute atomic E-state index is 0.150. The Bertz CT molecular complexity index is 1160. The number of rotatable bonds is 5. The van der Waals surface area contributed by atoms with Crippen LogP contribution >= 0.6 is 0 Å². The first-order valence-electron chi connectivity index (χ1n) is 9.40. The second-order valence-corrected chi connectivity index (χ2v) is 6.96. The predicted molar refractivity (Wildman–Crippen MR) is 118 cm³/mol. The molecule has 0 radical (unpaired) electrons. The molecule has 4 rings (SSSR count). The Labute approximate surface area is 169 Å². The number of aromatic amines is 1. The van der Waals surface area contributed by atoms with Crippen molar-refractivity contribution >= 4 is 28.7 Å². The van der Waals surface area contributed by atoms with Crippen LogP contribution in [0, 0.1) is 0 Å². The summed E-state index contributed by atoms with van der Waals surface area (Å²) in [5, 5.41) is 4.06. The summed E-state index contributed by atoms with van der Waals surface area (Å²) in [6.07, 6.45) is 5.56. The fourth-order valence-corrected chi connectivity index (χ4v) is 3.25. The number of benzene rings is 2. The lowest BCUT2D eigenvalue weighted by molar-refractivity contribution is -0.113. The minimum Gasteiger partial charge on any atom is -0.373 e. The lowest BCUT2D eigenvalue weighted by Crippen LogP contribution is -2.24. The Morgan fingerprint density at radius 3 is 2.48 bits per heavy atom. The number of aromatic nitrogens is 2. The van der Waals surface area contributed by atoms with Crippen molar-refractivity contribution in [2.75, 3.05) is 19.4 Å². The van der Waals surface area contributed by atoms with Crippen molar-refractivity contribution in [1.82, 2.24) is 14.9 Å². The van der Waals surface area contributed by atoms with Gasteiger partial charge in [0.15, 0.2) is 0 Å². The number of amides is 1. The average molecular weight is 382 g/mol. The molecule has 2 heterocycles. The van der Waals surface area contributed by atoms with Crippen LogP contribution in [0.5, 0.6) is 0 Å². The van der Waals surface area contributed by atoms with Crippen LogP contribution in [0.4, 0.5) is 5.69 Å². The number of nitrogens with zero attached hydrogens (tertiary/aromatic N) is 2. The van der Waals surface area contributed by atoms with Crippen molar-refractivity contribution in [2.24, 2.45) is 0 Å². The Balaban J connectivity index is 1.56. The molecule has 29 heavy (non-hydrogen) atoms. The molecule has 0 aliphatic heterocycles. The summed E-state index contributed by atoms with van der Waals surface area (Å²) in [6, 6.07) is 21.7. The third kappa shape index (κ3) is 4.04. The number of fused-ring (bicyclic) bond motifs is 1. The van der Waals surface area contributed by atoms with Crippen molar-refractivity contribution in [3.05, 3.63) is 90.4 Å². The summed E-state index contributed by atoms with van der Waals surface area (Å²) in [4.78, 5) is 22.1. The van der Waals surface area contributed by atoms with Crippen LogP contribution in [0.2, 0.25) is 0 Å². The topological polar surface area (TPSA) is 61.0 Å². The molecule has 0 saturated heterocycles. The molecule has 0 aliphatic carbocycles. The molecule has 4 aromatic rings. The zero-order valence-electron chi connectivity index (χ0n) is 16.4. The second kappa shape index (κ2) is 8.02. The predicted octanol–water partition coefficient (Wildman–Crippen LogP) is 4.77. The number of likely N-dealkylation sites (N-methyl/N-ethyl adjacent to an activating group) is 1. The average Bonchev–Trinajstić information content (AvgIpc) is 3.22. The van der Waals surface area contributed by atoms with Gasteiger partial charge < -0.3 is 15.2 Å². The number of pyridine rings is 1. The van der Waals surface area contributed by atoms with E-state index in [2.05, 4.69) is 15.3 Å². The summed E-state index contributed by atoms with van der Waals surface area (Å²) in [5.41, 5.74) is 5.36. The summed E-state index contributed by atoms with van der Waals surface area (Å²) >= 11 is 0. The zero-order chi connectivity index (χ0) is 20.2. The first kappa shape index (κ1) is 18.5. The minimum atomic E-state index is -0.150. The van der Waals surface area contributed by atoms with Gasteiger partial charge in [0.25, 0.3) is 5.91 Å². The first-order chi connectivity index (χ1) is 14.1. The van der Waals surface area contributed by atoms with Crippen molar-refractivity contribution in [2.45, 2.75) is 0 Å². The zero-order valence-corrected chi connectivity index (χ0v) is 16.4. The van der Waals surface area contributed by atoms with Crippen LogP contribution in [0.15, 0.2) is 84.8 Å². The standard InChI is InChI=1S/C24H22N4O/c1-28(2)22(16-17-6-4-3-5-7-17)24(29)27-19-10-8-18(9-11-19)20-12-14-25-23-21(20)13-15-26-23/h3-16H,1-2H3,(H,25,26)(H,27,29). The van der Waals surface area contributed by atoms with Gasteiger partial charge in [0, 0.05) is 37.6 Å². The normalized spacial score (nSPS) is 11.4. The summed E-state index contributed by atoms with van der Waals surface area (Å²) in [6.45, 7) is 0. The molecule has 0 spiro atoms. The van der Waals surface area contributed by atoms with Gasteiger partial charge in [0.1, 0.15) is 11.3 Å².